The fourth-order valence-electron chi connectivity index (χ4n) is 2.32. The first-order chi connectivity index (χ1) is 10.1. The zero-order chi connectivity index (χ0) is 15.2. The monoisotopic (exact) mass is 290 g/mol. The molecule has 0 aliphatic carbocycles. The van der Waals surface area contributed by atoms with E-state index in [1.54, 1.807) is 18.2 Å². The number of nitrogens with two attached hydrogens (primary N) is 1. The van der Waals surface area contributed by atoms with Crippen LogP contribution in [0.2, 0.25) is 0 Å². The van der Waals surface area contributed by atoms with Crippen molar-refractivity contribution in [3.63, 3.8) is 0 Å². The van der Waals surface area contributed by atoms with Crippen molar-refractivity contribution in [3.05, 3.63) is 65.7 Å². The topological polar surface area (TPSA) is 29.3 Å². The van der Waals surface area contributed by atoms with Crippen LogP contribution in [-0.4, -0.2) is 13.1 Å². The standard InChI is InChI=1S/C17H20F2N2/c1-2-21(16-8-6-14(18)7-9-16)11-10-17(20)13-4-3-5-15(19)12-13/h3-9,12,17H,2,10-11,20H2,1H3. The molecule has 2 N–H and O–H groups in total. The van der Waals surface area contributed by atoms with Crippen molar-refractivity contribution in [2.45, 2.75) is 19.4 Å². The van der Waals surface area contributed by atoms with Crippen LogP contribution < -0.4 is 10.6 Å². The van der Waals surface area contributed by atoms with E-state index >= 15 is 0 Å². The summed E-state index contributed by atoms with van der Waals surface area (Å²) in [6, 6.07) is 12.6. The van der Waals surface area contributed by atoms with E-state index in [-0.39, 0.29) is 17.7 Å². The first-order valence-corrected chi connectivity index (χ1v) is 7.11. The maximum absolute atomic E-state index is 13.2. The van der Waals surface area contributed by atoms with E-state index in [1.165, 1.54) is 24.3 Å². The zero-order valence-electron chi connectivity index (χ0n) is 12.1. The molecule has 0 radical (unpaired) electrons. The van der Waals surface area contributed by atoms with Gasteiger partial charge in [-0.25, -0.2) is 8.78 Å². The molecular formula is C17H20F2N2. The molecule has 4 heteroatoms. The Kier molecular flexibility index (Phi) is 5.28. The van der Waals surface area contributed by atoms with Crippen LogP contribution in [0.4, 0.5) is 14.5 Å². The van der Waals surface area contributed by atoms with Gasteiger partial charge in [0.05, 0.1) is 0 Å². The molecular weight excluding hydrogens is 270 g/mol. The summed E-state index contributed by atoms with van der Waals surface area (Å²) < 4.78 is 26.1. The quantitative estimate of drug-likeness (QED) is 0.874. The van der Waals surface area contributed by atoms with E-state index in [0.29, 0.717) is 6.42 Å². The molecule has 0 fully saturated rings. The van der Waals surface area contributed by atoms with Crippen LogP contribution in [0.5, 0.6) is 0 Å². The van der Waals surface area contributed by atoms with E-state index in [9.17, 15) is 8.78 Å². The number of rotatable bonds is 6. The summed E-state index contributed by atoms with van der Waals surface area (Å²) >= 11 is 0. The smallest absolute Gasteiger partial charge is 0.123 e. The van der Waals surface area contributed by atoms with Gasteiger partial charge in [-0.05, 0) is 55.3 Å². The number of hydrogen-bond acceptors (Lipinski definition) is 2. The van der Waals surface area contributed by atoms with Crippen molar-refractivity contribution in [1.82, 2.24) is 0 Å². The Morgan fingerprint density at radius 1 is 1.05 bits per heavy atom. The van der Waals surface area contributed by atoms with Crippen LogP contribution in [0, 0.1) is 11.6 Å². The minimum atomic E-state index is -0.270. The van der Waals surface area contributed by atoms with Gasteiger partial charge in [0.2, 0.25) is 0 Å². The van der Waals surface area contributed by atoms with Crippen LogP contribution in [0.3, 0.4) is 0 Å². The third-order valence-corrected chi connectivity index (χ3v) is 3.56. The Balaban J connectivity index is 1.98. The number of halogens is 2. The summed E-state index contributed by atoms with van der Waals surface area (Å²) in [6.45, 7) is 3.58. The van der Waals surface area contributed by atoms with Crippen molar-refractivity contribution >= 4 is 5.69 Å². The first-order valence-electron chi connectivity index (χ1n) is 7.11. The Hall–Kier alpha value is -1.94. The lowest BCUT2D eigenvalue weighted by atomic mass is 10.0. The molecule has 0 saturated carbocycles. The molecule has 112 valence electrons. The number of anilines is 1. The normalized spacial score (nSPS) is 12.2. The summed E-state index contributed by atoms with van der Waals surface area (Å²) in [4.78, 5) is 2.12. The Labute approximate surface area is 124 Å². The molecule has 0 aliphatic heterocycles. The molecule has 2 rings (SSSR count). The highest BCUT2D eigenvalue weighted by molar-refractivity contribution is 5.46. The van der Waals surface area contributed by atoms with Crippen LogP contribution in [-0.2, 0) is 0 Å². The van der Waals surface area contributed by atoms with Gasteiger partial charge in [0.25, 0.3) is 0 Å². The Morgan fingerprint density at radius 3 is 2.38 bits per heavy atom. The second-order valence-electron chi connectivity index (χ2n) is 5.01. The maximum atomic E-state index is 13.2. The molecule has 0 aromatic heterocycles. The largest absolute Gasteiger partial charge is 0.372 e. The average Bonchev–Trinajstić information content (AvgIpc) is 2.49. The molecule has 1 atom stereocenters. The molecule has 0 amide bonds. The molecule has 0 bridgehead atoms. The van der Waals surface area contributed by atoms with Crippen molar-refractivity contribution < 1.29 is 8.78 Å². The fourth-order valence-corrected chi connectivity index (χ4v) is 2.32. The van der Waals surface area contributed by atoms with Gasteiger partial charge in [-0.15, -0.1) is 0 Å². The number of nitrogens with zero attached hydrogens (tertiary/aromatic N) is 1. The molecule has 2 aromatic rings. The van der Waals surface area contributed by atoms with Gasteiger partial charge in [0.1, 0.15) is 11.6 Å². The third kappa shape index (κ3) is 4.26. The van der Waals surface area contributed by atoms with Crippen LogP contribution in [0.25, 0.3) is 0 Å². The zero-order valence-corrected chi connectivity index (χ0v) is 12.1. The summed E-state index contributed by atoms with van der Waals surface area (Å²) in [7, 11) is 0. The van der Waals surface area contributed by atoms with Crippen LogP contribution in [0.15, 0.2) is 48.5 Å². The summed E-state index contributed by atoms with van der Waals surface area (Å²) in [5.74, 6) is -0.514. The van der Waals surface area contributed by atoms with E-state index in [4.69, 9.17) is 5.73 Å². The van der Waals surface area contributed by atoms with Crippen molar-refractivity contribution in [2.75, 3.05) is 18.0 Å². The lowest BCUT2D eigenvalue weighted by molar-refractivity contribution is 0.603. The van der Waals surface area contributed by atoms with Gasteiger partial charge in [0, 0.05) is 24.8 Å². The maximum Gasteiger partial charge on any atom is 0.123 e. The highest BCUT2D eigenvalue weighted by Crippen LogP contribution is 2.19. The summed E-state index contributed by atoms with van der Waals surface area (Å²) in [5.41, 5.74) is 7.88. The Morgan fingerprint density at radius 2 is 1.76 bits per heavy atom. The third-order valence-electron chi connectivity index (χ3n) is 3.56. The molecule has 0 aliphatic rings. The predicted octanol–water partition coefficient (Wildman–Crippen LogP) is 3.88. The van der Waals surface area contributed by atoms with E-state index in [0.717, 1.165) is 24.3 Å². The van der Waals surface area contributed by atoms with Crippen molar-refractivity contribution in [3.8, 4) is 0 Å². The average molecular weight is 290 g/mol. The molecule has 0 saturated heterocycles. The van der Waals surface area contributed by atoms with Gasteiger partial charge in [0.15, 0.2) is 0 Å². The number of hydrogen-bond donors (Lipinski definition) is 1. The minimum absolute atomic E-state index is 0.213. The van der Waals surface area contributed by atoms with Gasteiger partial charge < -0.3 is 10.6 Å². The molecule has 21 heavy (non-hydrogen) atoms. The molecule has 1 unspecified atom stereocenters. The highest BCUT2D eigenvalue weighted by Gasteiger charge is 2.10. The lowest BCUT2D eigenvalue weighted by Gasteiger charge is -2.25. The van der Waals surface area contributed by atoms with Crippen molar-refractivity contribution in [2.24, 2.45) is 5.73 Å². The Bertz CT molecular complexity index is 569. The van der Waals surface area contributed by atoms with Crippen LogP contribution in [0.1, 0.15) is 24.9 Å². The highest BCUT2D eigenvalue weighted by atomic mass is 19.1. The summed E-state index contributed by atoms with van der Waals surface area (Å²) in [6.07, 6.45) is 0.703. The molecule has 2 nitrogen and oxygen atoms in total. The van der Waals surface area contributed by atoms with Crippen LogP contribution >= 0.6 is 0 Å². The number of benzene rings is 2. The molecule has 0 heterocycles. The minimum Gasteiger partial charge on any atom is -0.372 e. The fraction of sp³-hybridized carbons (Fsp3) is 0.294. The van der Waals surface area contributed by atoms with Gasteiger partial charge in [-0.1, -0.05) is 12.1 Å². The van der Waals surface area contributed by atoms with E-state index in [2.05, 4.69) is 4.90 Å². The van der Waals surface area contributed by atoms with E-state index in [1.807, 2.05) is 13.0 Å². The second kappa shape index (κ2) is 7.18. The molecule has 2 aromatic carbocycles. The van der Waals surface area contributed by atoms with E-state index < -0.39 is 0 Å². The summed E-state index contributed by atoms with van der Waals surface area (Å²) in [5, 5.41) is 0. The molecule has 0 spiro atoms. The lowest BCUT2D eigenvalue weighted by Crippen LogP contribution is -2.27. The van der Waals surface area contributed by atoms with Crippen molar-refractivity contribution in [1.29, 1.82) is 0 Å². The second-order valence-corrected chi connectivity index (χ2v) is 5.01. The first kappa shape index (κ1) is 15.4. The van der Waals surface area contributed by atoms with Gasteiger partial charge in [-0.3, -0.25) is 0 Å². The predicted molar refractivity (Wildman–Crippen MR) is 82.2 cm³/mol. The van der Waals surface area contributed by atoms with Gasteiger partial charge in [-0.2, -0.15) is 0 Å². The SMILES string of the molecule is CCN(CCC(N)c1cccc(F)c1)c1ccc(F)cc1. The van der Waals surface area contributed by atoms with Gasteiger partial charge >= 0.3 is 0 Å².